The normalized spacial score (nSPS) is 11.6. The molecule has 0 amide bonds. The van der Waals surface area contributed by atoms with Crippen molar-refractivity contribution in [3.63, 3.8) is 0 Å². The first-order chi connectivity index (χ1) is 33.2. The summed E-state index contributed by atoms with van der Waals surface area (Å²) in [6.07, 6.45) is 0. The van der Waals surface area contributed by atoms with Crippen LogP contribution in [0.2, 0.25) is 0 Å². The van der Waals surface area contributed by atoms with Crippen LogP contribution in [-0.4, -0.2) is 8.07 Å². The maximum atomic E-state index is 2.41. The van der Waals surface area contributed by atoms with Crippen molar-refractivity contribution in [2.24, 2.45) is 0 Å². The number of hydrogen-bond acceptors (Lipinski definition) is 2. The number of thiophene rings is 1. The van der Waals surface area contributed by atoms with Crippen LogP contribution in [0.4, 0.5) is 17.1 Å². The molecule has 0 atom stereocenters. The minimum atomic E-state index is -2.62. The zero-order valence-corrected chi connectivity index (χ0v) is 38.7. The molecule has 0 saturated heterocycles. The summed E-state index contributed by atoms with van der Waals surface area (Å²) in [4.78, 5) is 2.41. The van der Waals surface area contributed by atoms with Crippen LogP contribution < -0.4 is 25.6 Å². The minimum Gasteiger partial charge on any atom is -0.310 e. The van der Waals surface area contributed by atoms with Crippen LogP contribution in [0.1, 0.15) is 0 Å². The number of hydrogen-bond donors (Lipinski definition) is 0. The summed E-state index contributed by atoms with van der Waals surface area (Å²) in [5, 5.41) is 10.5. The van der Waals surface area contributed by atoms with Crippen LogP contribution in [0.25, 0.3) is 64.3 Å². The molecule has 11 aromatic carbocycles. The first-order valence-electron chi connectivity index (χ1n) is 23.0. The van der Waals surface area contributed by atoms with E-state index in [4.69, 9.17) is 0 Å². The second kappa shape index (κ2) is 17.4. The summed E-state index contributed by atoms with van der Waals surface area (Å²) in [5.74, 6) is 0. The highest BCUT2D eigenvalue weighted by Crippen LogP contribution is 2.43. The SMILES string of the molecule is c1ccc(-c2ccc3sc4ccc(N(c5ccc(-c6ccc([Si](c7ccccc7)(c7ccccc7)c7ccccc7)cc6)cc5)c5ccc(-c6cccc7ccccc67)cc5)cc4c3c2)cc1. The Balaban J connectivity index is 0.948. The van der Waals surface area contributed by atoms with E-state index in [0.717, 1.165) is 17.1 Å². The average Bonchev–Trinajstić information content (AvgIpc) is 3.78. The van der Waals surface area contributed by atoms with Gasteiger partial charge < -0.3 is 4.90 Å². The Bertz CT molecular complexity index is 3540. The van der Waals surface area contributed by atoms with Gasteiger partial charge >= 0.3 is 0 Å². The molecular weight excluding hydrogens is 843 g/mol. The van der Waals surface area contributed by atoms with Crippen molar-refractivity contribution in [3.8, 4) is 33.4 Å². The molecule has 0 aliphatic carbocycles. The summed E-state index contributed by atoms with van der Waals surface area (Å²) >= 11 is 1.86. The largest absolute Gasteiger partial charge is 0.310 e. The second-order valence-corrected chi connectivity index (χ2v) is 22.1. The van der Waals surface area contributed by atoms with E-state index in [1.807, 2.05) is 11.3 Å². The molecule has 12 rings (SSSR count). The first-order valence-corrected chi connectivity index (χ1v) is 25.8. The number of anilines is 3. The molecule has 3 heteroatoms. The van der Waals surface area contributed by atoms with Gasteiger partial charge in [-0.05, 0) is 119 Å². The third-order valence-electron chi connectivity index (χ3n) is 13.4. The molecule has 0 saturated carbocycles. The van der Waals surface area contributed by atoms with Crippen molar-refractivity contribution in [2.75, 3.05) is 4.90 Å². The number of rotatable bonds is 10. The molecule has 0 unspecified atom stereocenters. The Morgan fingerprint density at radius 3 is 1.28 bits per heavy atom. The van der Waals surface area contributed by atoms with Crippen LogP contribution in [0.5, 0.6) is 0 Å². The van der Waals surface area contributed by atoms with Crippen molar-refractivity contribution < 1.29 is 0 Å². The standard InChI is InChI=1S/C64H45NSSi/c1-5-16-46(17-6-1)51-34-42-63-61(44-51)62-45-54(39-43-64(62)66-63)65(53-37-30-50(31-38-53)60-27-15-19-49-18-13-14-26-59(49)60)52-35-28-47(29-36-52)48-32-40-58(41-33-48)67(55-20-7-2-8-21-55,56-22-9-3-10-23-56)57-24-11-4-12-25-57/h1-45H. The van der Waals surface area contributed by atoms with Crippen molar-refractivity contribution in [2.45, 2.75) is 0 Å². The van der Waals surface area contributed by atoms with Gasteiger partial charge in [-0.3, -0.25) is 0 Å². The lowest BCUT2D eigenvalue weighted by molar-refractivity contribution is 1.29. The van der Waals surface area contributed by atoms with Crippen LogP contribution in [-0.2, 0) is 0 Å². The Labute approximate surface area is 397 Å². The number of fused-ring (bicyclic) bond motifs is 4. The van der Waals surface area contributed by atoms with E-state index < -0.39 is 8.07 Å². The van der Waals surface area contributed by atoms with Gasteiger partial charge in [0.05, 0.1) is 0 Å². The molecule has 0 radical (unpaired) electrons. The van der Waals surface area contributed by atoms with E-state index in [1.165, 1.54) is 85.1 Å². The first kappa shape index (κ1) is 40.4. The summed E-state index contributed by atoms with van der Waals surface area (Å²) < 4.78 is 2.58. The van der Waals surface area contributed by atoms with Crippen LogP contribution >= 0.6 is 11.3 Å². The third-order valence-corrected chi connectivity index (χ3v) is 19.4. The number of nitrogens with zero attached hydrogens (tertiary/aromatic N) is 1. The molecule has 0 N–H and O–H groups in total. The molecule has 1 nitrogen and oxygen atoms in total. The molecule has 0 bridgehead atoms. The number of benzene rings is 11. The van der Waals surface area contributed by atoms with Crippen LogP contribution in [0, 0.1) is 0 Å². The van der Waals surface area contributed by atoms with E-state index in [1.54, 1.807) is 0 Å². The van der Waals surface area contributed by atoms with Crippen molar-refractivity contribution in [1.29, 1.82) is 0 Å². The molecule has 0 fully saturated rings. The maximum Gasteiger partial charge on any atom is 0.179 e. The van der Waals surface area contributed by atoms with Gasteiger partial charge in [0.1, 0.15) is 0 Å². The Hall–Kier alpha value is -8.08. The highest BCUT2D eigenvalue weighted by Gasteiger charge is 2.41. The monoisotopic (exact) mass is 887 g/mol. The fourth-order valence-electron chi connectivity index (χ4n) is 10.2. The van der Waals surface area contributed by atoms with E-state index in [2.05, 4.69) is 278 Å². The van der Waals surface area contributed by atoms with Gasteiger partial charge in [0.2, 0.25) is 0 Å². The topological polar surface area (TPSA) is 3.24 Å². The molecule has 0 aliphatic heterocycles. The van der Waals surface area contributed by atoms with Crippen molar-refractivity contribution in [3.05, 3.63) is 273 Å². The summed E-state index contributed by atoms with van der Waals surface area (Å²) in [7, 11) is -2.62. The highest BCUT2D eigenvalue weighted by molar-refractivity contribution is 7.25. The van der Waals surface area contributed by atoms with Gasteiger partial charge in [0, 0.05) is 37.2 Å². The van der Waals surface area contributed by atoms with E-state index in [0.29, 0.717) is 0 Å². The van der Waals surface area contributed by atoms with Gasteiger partial charge in [-0.2, -0.15) is 0 Å². The van der Waals surface area contributed by atoms with E-state index in [-0.39, 0.29) is 0 Å². The zero-order chi connectivity index (χ0) is 44.6. The van der Waals surface area contributed by atoms with Gasteiger partial charge in [-0.15, -0.1) is 11.3 Å². The average molecular weight is 888 g/mol. The molecule has 0 spiro atoms. The molecule has 1 heterocycles. The van der Waals surface area contributed by atoms with Gasteiger partial charge in [0.25, 0.3) is 0 Å². The summed E-state index contributed by atoms with van der Waals surface area (Å²) in [6.45, 7) is 0. The predicted molar refractivity (Wildman–Crippen MR) is 291 cm³/mol. The Kier molecular flexibility index (Phi) is 10.5. The summed E-state index contributed by atoms with van der Waals surface area (Å²) in [5.41, 5.74) is 10.6. The Morgan fingerprint density at radius 1 is 0.269 bits per heavy atom. The van der Waals surface area contributed by atoms with E-state index >= 15 is 0 Å². The maximum absolute atomic E-state index is 2.62. The molecule has 1 aromatic heterocycles. The van der Waals surface area contributed by atoms with Gasteiger partial charge in [-0.1, -0.05) is 218 Å². The van der Waals surface area contributed by atoms with Gasteiger partial charge in [0.15, 0.2) is 8.07 Å². The molecule has 0 aliphatic rings. The molecule has 316 valence electrons. The van der Waals surface area contributed by atoms with Crippen LogP contribution in [0.3, 0.4) is 0 Å². The third kappa shape index (κ3) is 7.35. The lowest BCUT2D eigenvalue weighted by Gasteiger charge is -2.34. The van der Waals surface area contributed by atoms with Crippen LogP contribution in [0.15, 0.2) is 273 Å². The lowest BCUT2D eigenvalue weighted by Crippen LogP contribution is -2.74. The summed E-state index contributed by atoms with van der Waals surface area (Å²) in [6, 6.07) is 101. The second-order valence-electron chi connectivity index (χ2n) is 17.2. The lowest BCUT2D eigenvalue weighted by atomic mass is 9.98. The Morgan fingerprint density at radius 2 is 0.687 bits per heavy atom. The fraction of sp³-hybridized carbons (Fsp3) is 0. The molecular formula is C64H45NSSi. The van der Waals surface area contributed by atoms with E-state index in [9.17, 15) is 0 Å². The molecule has 67 heavy (non-hydrogen) atoms. The smallest absolute Gasteiger partial charge is 0.179 e. The van der Waals surface area contributed by atoms with Gasteiger partial charge in [-0.25, -0.2) is 0 Å². The molecule has 12 aromatic rings. The minimum absolute atomic E-state index is 1.10. The highest BCUT2D eigenvalue weighted by atomic mass is 32.1. The quantitative estimate of drug-likeness (QED) is 0.0977. The van der Waals surface area contributed by atoms with Crippen molar-refractivity contribution in [1.82, 2.24) is 0 Å². The predicted octanol–water partition coefficient (Wildman–Crippen LogP) is 15.1. The fourth-order valence-corrected chi connectivity index (χ4v) is 16.0. The van der Waals surface area contributed by atoms with Crippen molar-refractivity contribution >= 4 is 88.2 Å². The zero-order valence-electron chi connectivity index (χ0n) is 36.8.